The molecule has 1 aliphatic rings. The van der Waals surface area contributed by atoms with E-state index in [1.807, 2.05) is 11.0 Å². The maximum absolute atomic E-state index is 5.62. The van der Waals surface area contributed by atoms with E-state index in [1.54, 1.807) is 0 Å². The van der Waals surface area contributed by atoms with Crippen LogP contribution in [0.4, 0.5) is 0 Å². The van der Waals surface area contributed by atoms with E-state index in [-0.39, 0.29) is 0 Å². The number of hydrogen-bond acceptors (Lipinski definition) is 3. The van der Waals surface area contributed by atoms with Crippen LogP contribution in [0.1, 0.15) is 19.3 Å². The molecule has 1 aromatic heterocycles. The molecule has 0 saturated carbocycles. The molecule has 1 aromatic carbocycles. The van der Waals surface area contributed by atoms with Crippen LogP contribution in [0.15, 0.2) is 30.6 Å². The maximum atomic E-state index is 5.62. The number of nitrogens with zero attached hydrogens (tertiary/aromatic N) is 3. The van der Waals surface area contributed by atoms with Gasteiger partial charge in [-0.25, -0.2) is 4.98 Å². The van der Waals surface area contributed by atoms with E-state index >= 15 is 0 Å². The Bertz CT molecular complexity index is 532. The summed E-state index contributed by atoms with van der Waals surface area (Å²) >= 11 is 2.30. The van der Waals surface area contributed by atoms with Crippen molar-refractivity contribution in [2.45, 2.75) is 31.9 Å². The lowest BCUT2D eigenvalue weighted by atomic mass is 10.2. The minimum absolute atomic E-state index is 0.408. The predicted molar refractivity (Wildman–Crippen MR) is 81.8 cm³/mol. The van der Waals surface area contributed by atoms with E-state index < -0.39 is 0 Å². The number of halogens is 1. The van der Waals surface area contributed by atoms with Gasteiger partial charge in [-0.2, -0.15) is 5.10 Å². The molecule has 1 saturated heterocycles. The Labute approximate surface area is 126 Å². The van der Waals surface area contributed by atoms with Gasteiger partial charge in [0.1, 0.15) is 6.33 Å². The first kappa shape index (κ1) is 13.1. The second-order valence-corrected chi connectivity index (χ2v) is 6.01. The van der Waals surface area contributed by atoms with Crippen molar-refractivity contribution in [2.75, 3.05) is 6.61 Å². The van der Waals surface area contributed by atoms with E-state index in [0.29, 0.717) is 6.10 Å². The van der Waals surface area contributed by atoms with Gasteiger partial charge in [0, 0.05) is 22.3 Å². The Balaban J connectivity index is 1.63. The highest BCUT2D eigenvalue weighted by Crippen LogP contribution is 2.18. The molecule has 5 heteroatoms. The Morgan fingerprint density at radius 2 is 2.16 bits per heavy atom. The molecule has 0 bridgehead atoms. The van der Waals surface area contributed by atoms with E-state index in [9.17, 15) is 0 Å². The Morgan fingerprint density at radius 1 is 1.32 bits per heavy atom. The van der Waals surface area contributed by atoms with Gasteiger partial charge in [0.25, 0.3) is 0 Å². The molecular weight excluding hydrogens is 353 g/mol. The molecule has 1 fully saturated rings. The molecule has 1 aliphatic heterocycles. The molecule has 4 nitrogen and oxygen atoms in total. The van der Waals surface area contributed by atoms with Crippen LogP contribution in [0.3, 0.4) is 0 Å². The summed E-state index contributed by atoms with van der Waals surface area (Å²) < 4.78 is 8.75. The van der Waals surface area contributed by atoms with E-state index in [0.717, 1.165) is 31.0 Å². The summed E-state index contributed by atoms with van der Waals surface area (Å²) in [4.78, 5) is 4.37. The normalized spacial score (nSPS) is 18.9. The van der Waals surface area contributed by atoms with E-state index in [2.05, 4.69) is 56.9 Å². The lowest BCUT2D eigenvalue weighted by Crippen LogP contribution is -2.10. The van der Waals surface area contributed by atoms with Gasteiger partial charge in [-0.15, -0.1) is 0 Å². The van der Waals surface area contributed by atoms with Crippen LogP contribution >= 0.6 is 22.6 Å². The Morgan fingerprint density at radius 3 is 2.89 bits per heavy atom. The summed E-state index contributed by atoms with van der Waals surface area (Å²) in [5.74, 6) is 0.795. The first-order valence-corrected chi connectivity index (χ1v) is 7.66. The molecule has 0 amide bonds. The first-order valence-electron chi connectivity index (χ1n) is 6.58. The first-order chi connectivity index (χ1) is 9.31. The monoisotopic (exact) mass is 369 g/mol. The average Bonchev–Trinajstić information content (AvgIpc) is 3.09. The van der Waals surface area contributed by atoms with Crippen LogP contribution in [-0.2, 0) is 11.3 Å². The molecule has 1 unspecified atom stereocenters. The molecule has 0 N–H and O–H groups in total. The summed E-state index contributed by atoms with van der Waals surface area (Å²) in [5, 5.41) is 4.52. The third-order valence-electron chi connectivity index (χ3n) is 3.34. The Kier molecular flexibility index (Phi) is 4.12. The van der Waals surface area contributed by atoms with Crippen molar-refractivity contribution >= 4 is 22.6 Å². The fraction of sp³-hybridized carbons (Fsp3) is 0.429. The third-order valence-corrected chi connectivity index (χ3v) is 4.06. The molecule has 19 heavy (non-hydrogen) atoms. The number of aromatic nitrogens is 3. The molecule has 3 rings (SSSR count). The number of aryl methyl sites for hydroxylation is 1. The highest BCUT2D eigenvalue weighted by Gasteiger charge is 2.15. The summed E-state index contributed by atoms with van der Waals surface area (Å²) in [6.45, 7) is 1.79. The van der Waals surface area contributed by atoms with Crippen LogP contribution in [0.5, 0.6) is 0 Å². The average molecular weight is 369 g/mol. The van der Waals surface area contributed by atoms with Crippen molar-refractivity contribution in [1.82, 2.24) is 14.8 Å². The zero-order valence-corrected chi connectivity index (χ0v) is 12.8. The van der Waals surface area contributed by atoms with Crippen molar-refractivity contribution in [1.29, 1.82) is 0 Å². The topological polar surface area (TPSA) is 39.9 Å². The molecule has 2 heterocycles. The van der Waals surface area contributed by atoms with Gasteiger partial charge in [0.2, 0.25) is 0 Å². The zero-order chi connectivity index (χ0) is 13.1. The fourth-order valence-electron chi connectivity index (χ4n) is 2.28. The summed E-state index contributed by atoms with van der Waals surface area (Å²) in [7, 11) is 0. The minimum Gasteiger partial charge on any atom is -0.378 e. The van der Waals surface area contributed by atoms with Gasteiger partial charge >= 0.3 is 0 Å². The number of ether oxygens (including phenoxy) is 1. The van der Waals surface area contributed by atoms with Crippen LogP contribution in [0.25, 0.3) is 11.4 Å². The van der Waals surface area contributed by atoms with Crippen LogP contribution in [0, 0.1) is 3.57 Å². The smallest absolute Gasteiger partial charge is 0.181 e. The molecule has 100 valence electrons. The molecular formula is C14H16IN3O. The van der Waals surface area contributed by atoms with Crippen molar-refractivity contribution in [2.24, 2.45) is 0 Å². The zero-order valence-electron chi connectivity index (χ0n) is 10.6. The van der Waals surface area contributed by atoms with Crippen molar-refractivity contribution in [3.8, 4) is 11.4 Å². The van der Waals surface area contributed by atoms with E-state index in [4.69, 9.17) is 4.74 Å². The fourth-order valence-corrected chi connectivity index (χ4v) is 2.64. The second-order valence-electron chi connectivity index (χ2n) is 4.76. The lowest BCUT2D eigenvalue weighted by molar-refractivity contribution is 0.0994. The highest BCUT2D eigenvalue weighted by molar-refractivity contribution is 14.1. The van der Waals surface area contributed by atoms with Crippen LogP contribution in [-0.4, -0.2) is 27.5 Å². The number of benzene rings is 1. The maximum Gasteiger partial charge on any atom is 0.181 e. The van der Waals surface area contributed by atoms with Gasteiger partial charge in [-0.1, -0.05) is 12.1 Å². The highest BCUT2D eigenvalue weighted by atomic mass is 127. The summed E-state index contributed by atoms with van der Waals surface area (Å²) in [5.41, 5.74) is 1.07. The summed E-state index contributed by atoms with van der Waals surface area (Å²) in [6, 6.07) is 8.26. The summed E-state index contributed by atoms with van der Waals surface area (Å²) in [6.07, 6.45) is 5.61. The SMILES string of the molecule is Ic1ccc(-c2ncn(CCC3CCCO3)n2)cc1. The third kappa shape index (κ3) is 3.33. The van der Waals surface area contributed by atoms with Crippen molar-refractivity contribution in [3.05, 3.63) is 34.2 Å². The standard InChI is InChI=1S/C14H16IN3O/c15-12-5-3-11(4-6-12)14-16-10-18(17-14)8-7-13-2-1-9-19-13/h3-6,10,13H,1-2,7-9H2. The van der Waals surface area contributed by atoms with Crippen LogP contribution < -0.4 is 0 Å². The van der Waals surface area contributed by atoms with Gasteiger partial charge < -0.3 is 4.74 Å². The molecule has 0 spiro atoms. The largest absolute Gasteiger partial charge is 0.378 e. The van der Waals surface area contributed by atoms with Crippen LogP contribution in [0.2, 0.25) is 0 Å². The van der Waals surface area contributed by atoms with Gasteiger partial charge in [0.05, 0.1) is 6.10 Å². The Hall–Kier alpha value is -0.950. The lowest BCUT2D eigenvalue weighted by Gasteiger charge is -2.07. The minimum atomic E-state index is 0.408. The second kappa shape index (κ2) is 6.00. The molecule has 2 aromatic rings. The predicted octanol–water partition coefficient (Wildman–Crippen LogP) is 3.12. The molecule has 1 atom stereocenters. The van der Waals surface area contributed by atoms with Gasteiger partial charge in [-0.3, -0.25) is 4.68 Å². The quantitative estimate of drug-likeness (QED) is 0.778. The van der Waals surface area contributed by atoms with Gasteiger partial charge in [-0.05, 0) is 54.0 Å². The van der Waals surface area contributed by atoms with Crippen molar-refractivity contribution < 1.29 is 4.74 Å². The molecule has 0 aliphatic carbocycles. The van der Waals surface area contributed by atoms with E-state index in [1.165, 1.54) is 16.4 Å². The number of hydrogen-bond donors (Lipinski definition) is 0. The number of rotatable bonds is 4. The molecule has 0 radical (unpaired) electrons. The van der Waals surface area contributed by atoms with Gasteiger partial charge in [0.15, 0.2) is 5.82 Å². The van der Waals surface area contributed by atoms with Crippen molar-refractivity contribution in [3.63, 3.8) is 0 Å².